The number of nitrogens with two attached hydrogens (primary N) is 1. The maximum atomic E-state index is 13.9. The number of piperazine rings is 1. The normalized spacial score (nSPS) is 21.7. The van der Waals surface area contributed by atoms with E-state index in [1.165, 1.54) is 35.2 Å². The number of hydrogen-bond acceptors (Lipinski definition) is 8. The van der Waals surface area contributed by atoms with Gasteiger partial charge in [0.05, 0.1) is 4.70 Å². The average molecular weight is 452 g/mol. The van der Waals surface area contributed by atoms with Gasteiger partial charge in [0, 0.05) is 42.3 Å². The van der Waals surface area contributed by atoms with E-state index in [0.29, 0.717) is 16.8 Å². The molecular weight excluding hydrogens is 432 g/mol. The SMILES string of the molecule is NC(=O)C(F)(F)Oc1ccc(-c2nccs2)c2sc(N3CC4CCCC(C3)N4)nc12. The van der Waals surface area contributed by atoms with Gasteiger partial charge in [-0.25, -0.2) is 9.97 Å². The fourth-order valence-corrected chi connectivity index (χ4v) is 5.91. The first-order chi connectivity index (χ1) is 14.4. The summed E-state index contributed by atoms with van der Waals surface area (Å²) in [7, 11) is 0. The Bertz CT molecular complexity index is 1080. The third kappa shape index (κ3) is 3.50. The highest BCUT2D eigenvalue weighted by Crippen LogP contribution is 2.43. The Morgan fingerprint density at radius 3 is 2.73 bits per heavy atom. The molecule has 5 rings (SSSR count). The maximum absolute atomic E-state index is 13.9. The van der Waals surface area contributed by atoms with Crippen molar-refractivity contribution in [1.29, 1.82) is 0 Å². The third-order valence-corrected chi connectivity index (χ3v) is 7.37. The van der Waals surface area contributed by atoms with Gasteiger partial charge in [-0.15, -0.1) is 11.3 Å². The lowest BCUT2D eigenvalue weighted by atomic mass is 9.94. The molecule has 2 atom stereocenters. The van der Waals surface area contributed by atoms with Crippen molar-refractivity contribution in [3.05, 3.63) is 23.7 Å². The number of alkyl halides is 2. The summed E-state index contributed by atoms with van der Waals surface area (Å²) in [6, 6.07) is 3.87. The third-order valence-electron chi connectivity index (χ3n) is 5.41. The number of primary amides is 1. The van der Waals surface area contributed by atoms with Crippen LogP contribution in [-0.4, -0.2) is 47.2 Å². The molecule has 0 radical (unpaired) electrons. The summed E-state index contributed by atoms with van der Waals surface area (Å²) in [5, 5.41) is 6.99. The van der Waals surface area contributed by atoms with Gasteiger partial charge in [-0.2, -0.15) is 8.78 Å². The summed E-state index contributed by atoms with van der Waals surface area (Å²) in [5.41, 5.74) is 5.87. The van der Waals surface area contributed by atoms with Crippen molar-refractivity contribution in [3.8, 4) is 16.3 Å². The van der Waals surface area contributed by atoms with E-state index in [4.69, 9.17) is 10.5 Å². The summed E-state index contributed by atoms with van der Waals surface area (Å²) in [5.74, 6) is -2.02. The molecule has 1 aromatic carbocycles. The Morgan fingerprint density at radius 1 is 1.30 bits per heavy atom. The molecule has 2 aromatic heterocycles. The molecule has 2 bridgehead atoms. The molecule has 3 aromatic rings. The highest BCUT2D eigenvalue weighted by Gasteiger charge is 2.41. The number of benzene rings is 1. The molecule has 4 heterocycles. The van der Waals surface area contributed by atoms with Crippen LogP contribution in [0, 0.1) is 0 Å². The minimum Gasteiger partial charge on any atom is -0.423 e. The van der Waals surface area contributed by atoms with Crippen molar-refractivity contribution in [2.24, 2.45) is 5.73 Å². The molecule has 1 amide bonds. The smallest absolute Gasteiger partial charge is 0.423 e. The van der Waals surface area contributed by atoms with Crippen LogP contribution in [0.25, 0.3) is 20.8 Å². The van der Waals surface area contributed by atoms with Crippen LogP contribution < -0.4 is 20.7 Å². The van der Waals surface area contributed by atoms with Gasteiger partial charge in [0.1, 0.15) is 10.5 Å². The van der Waals surface area contributed by atoms with Crippen molar-refractivity contribution < 1.29 is 18.3 Å². The fraction of sp³-hybridized carbons (Fsp3) is 0.421. The van der Waals surface area contributed by atoms with Gasteiger partial charge in [0.2, 0.25) is 0 Å². The molecule has 158 valence electrons. The number of nitrogens with one attached hydrogen (secondary N) is 1. The molecular formula is C19H19F2N5O2S2. The van der Waals surface area contributed by atoms with Crippen molar-refractivity contribution in [1.82, 2.24) is 15.3 Å². The predicted octanol–water partition coefficient (Wildman–Crippen LogP) is 3.21. The summed E-state index contributed by atoms with van der Waals surface area (Å²) in [6.07, 6.45) is 1.01. The van der Waals surface area contributed by atoms with Crippen molar-refractivity contribution in [3.63, 3.8) is 0 Å². The van der Waals surface area contributed by atoms with Crippen molar-refractivity contribution in [2.75, 3.05) is 18.0 Å². The van der Waals surface area contributed by atoms with Gasteiger partial charge in [-0.3, -0.25) is 4.79 Å². The molecule has 2 aliphatic rings. The standard InChI is InChI=1S/C19H19F2N5O2S2/c20-19(21,17(22)27)28-13-5-4-12(16-23-6-7-29-16)15-14(13)25-18(30-15)26-8-10-2-1-3-11(9-26)24-10/h4-7,10-11,24H,1-3,8-9H2,(H2,22,27). The van der Waals surface area contributed by atoms with Crippen LogP contribution >= 0.6 is 22.7 Å². The Morgan fingerprint density at radius 2 is 2.07 bits per heavy atom. The summed E-state index contributed by atoms with van der Waals surface area (Å²) in [6.45, 7) is 1.63. The molecule has 2 aliphatic heterocycles. The minimum absolute atomic E-state index is 0.174. The molecule has 30 heavy (non-hydrogen) atoms. The molecule has 0 saturated carbocycles. The minimum atomic E-state index is -4.12. The van der Waals surface area contributed by atoms with E-state index in [0.717, 1.165) is 41.6 Å². The number of amides is 1. The average Bonchev–Trinajstić information content (AvgIpc) is 3.38. The largest absolute Gasteiger partial charge is 0.482 e. The van der Waals surface area contributed by atoms with E-state index in [2.05, 4.69) is 20.2 Å². The lowest BCUT2D eigenvalue weighted by Crippen LogP contribution is -2.58. The highest BCUT2D eigenvalue weighted by atomic mass is 32.1. The first-order valence-electron chi connectivity index (χ1n) is 9.62. The van der Waals surface area contributed by atoms with E-state index < -0.39 is 12.0 Å². The number of carbonyl (C=O) groups is 1. The topological polar surface area (TPSA) is 93.4 Å². The van der Waals surface area contributed by atoms with Crippen LogP contribution in [0.2, 0.25) is 0 Å². The van der Waals surface area contributed by atoms with Crippen LogP contribution in [0.15, 0.2) is 23.7 Å². The van der Waals surface area contributed by atoms with Crippen molar-refractivity contribution in [2.45, 2.75) is 37.5 Å². The zero-order valence-electron chi connectivity index (χ0n) is 15.8. The molecule has 11 heteroatoms. The van der Waals surface area contributed by atoms with E-state index in [1.807, 2.05) is 5.38 Å². The first-order valence-corrected chi connectivity index (χ1v) is 11.3. The Hall–Kier alpha value is -2.37. The number of rotatable bonds is 5. The van der Waals surface area contributed by atoms with Crippen LogP contribution in [0.4, 0.5) is 13.9 Å². The lowest BCUT2D eigenvalue weighted by molar-refractivity contribution is -0.189. The van der Waals surface area contributed by atoms with Crippen LogP contribution in [0.1, 0.15) is 19.3 Å². The molecule has 2 unspecified atom stereocenters. The van der Waals surface area contributed by atoms with Gasteiger partial charge >= 0.3 is 12.0 Å². The molecule has 2 fully saturated rings. The molecule has 2 saturated heterocycles. The van der Waals surface area contributed by atoms with Gasteiger partial charge < -0.3 is 20.7 Å². The summed E-state index contributed by atoms with van der Waals surface area (Å²) >= 11 is 2.88. The zero-order chi connectivity index (χ0) is 20.9. The summed E-state index contributed by atoms with van der Waals surface area (Å²) in [4.78, 5) is 22.3. The number of carbonyl (C=O) groups excluding carboxylic acids is 1. The number of fused-ring (bicyclic) bond motifs is 3. The highest BCUT2D eigenvalue weighted by molar-refractivity contribution is 7.23. The van der Waals surface area contributed by atoms with E-state index in [-0.39, 0.29) is 11.3 Å². The van der Waals surface area contributed by atoms with E-state index >= 15 is 0 Å². The Labute approximate surface area is 178 Å². The van der Waals surface area contributed by atoms with Gasteiger partial charge in [-0.1, -0.05) is 17.8 Å². The molecule has 0 spiro atoms. The molecule has 0 aliphatic carbocycles. The molecule has 7 nitrogen and oxygen atoms in total. The summed E-state index contributed by atoms with van der Waals surface area (Å²) < 4.78 is 33.2. The predicted molar refractivity (Wildman–Crippen MR) is 112 cm³/mol. The number of anilines is 1. The Balaban J connectivity index is 1.59. The quantitative estimate of drug-likeness (QED) is 0.619. The second kappa shape index (κ2) is 7.40. The number of nitrogens with zero attached hydrogens (tertiary/aromatic N) is 3. The monoisotopic (exact) mass is 451 g/mol. The van der Waals surface area contributed by atoms with Crippen molar-refractivity contribution >= 4 is 43.9 Å². The van der Waals surface area contributed by atoms with Crippen LogP contribution in [0.3, 0.4) is 0 Å². The lowest BCUT2D eigenvalue weighted by Gasteiger charge is -2.42. The van der Waals surface area contributed by atoms with E-state index in [1.54, 1.807) is 12.3 Å². The van der Waals surface area contributed by atoms with Crippen LogP contribution in [-0.2, 0) is 4.79 Å². The fourth-order valence-electron chi connectivity index (χ4n) is 4.06. The van der Waals surface area contributed by atoms with Gasteiger partial charge in [0.25, 0.3) is 0 Å². The number of piperidine rings is 1. The number of thiazole rings is 2. The number of hydrogen-bond donors (Lipinski definition) is 2. The van der Waals surface area contributed by atoms with Crippen LogP contribution in [0.5, 0.6) is 5.75 Å². The first kappa shape index (κ1) is 19.6. The van der Waals surface area contributed by atoms with E-state index in [9.17, 15) is 13.6 Å². The van der Waals surface area contributed by atoms with Gasteiger partial charge in [0.15, 0.2) is 10.9 Å². The second-order valence-electron chi connectivity index (χ2n) is 7.50. The van der Waals surface area contributed by atoms with Gasteiger partial charge in [-0.05, 0) is 25.0 Å². The number of ether oxygens (including phenoxy) is 1. The maximum Gasteiger partial charge on any atom is 0.482 e. The number of aromatic nitrogens is 2. The second-order valence-corrected chi connectivity index (χ2v) is 9.37. The number of halogens is 2. The Kier molecular flexibility index (Phi) is 4.83. The zero-order valence-corrected chi connectivity index (χ0v) is 17.4. The molecule has 3 N–H and O–H groups in total.